The molecule has 0 saturated carbocycles. The van der Waals surface area contributed by atoms with Gasteiger partial charge in [0.05, 0.1) is 22.0 Å². The fourth-order valence-electron chi connectivity index (χ4n) is 3.08. The van der Waals surface area contributed by atoms with E-state index in [1.54, 1.807) is 25.1 Å². The van der Waals surface area contributed by atoms with Gasteiger partial charge in [0.15, 0.2) is 11.5 Å². The Balaban J connectivity index is 1.94. The fourth-order valence-corrected chi connectivity index (χ4v) is 4.38. The van der Waals surface area contributed by atoms with Crippen LogP contribution in [0.4, 0.5) is 18.9 Å². The van der Waals surface area contributed by atoms with Crippen LogP contribution >= 0.6 is 24.0 Å². The lowest BCUT2D eigenvalue weighted by atomic mass is 10.1. The number of halogens is 3. The van der Waals surface area contributed by atoms with Crippen molar-refractivity contribution in [2.75, 3.05) is 13.2 Å². The molecule has 0 N–H and O–H groups in total. The summed E-state index contributed by atoms with van der Waals surface area (Å²) in [6.45, 7) is 4.40. The summed E-state index contributed by atoms with van der Waals surface area (Å²) in [5.41, 5.74) is -1.40. The van der Waals surface area contributed by atoms with Crippen LogP contribution in [0.15, 0.2) is 41.3 Å². The lowest BCUT2D eigenvalue weighted by molar-refractivity contribution is -0.385. The Labute approximate surface area is 202 Å². The van der Waals surface area contributed by atoms with Crippen molar-refractivity contribution >= 4 is 46.0 Å². The molecule has 0 bridgehead atoms. The highest BCUT2D eigenvalue weighted by Crippen LogP contribution is 2.41. The van der Waals surface area contributed by atoms with Crippen molar-refractivity contribution in [2.45, 2.75) is 26.4 Å². The number of carbonyl (C=O) groups is 1. The SMILES string of the molecule is CCCN1C(=O)/C(=C\c2ccc(Oc3ccc(C(F)(F)F)cc3[N+](=O)[O-])c(OCC)c2)SC1=S. The molecule has 1 amide bonds. The molecule has 0 atom stereocenters. The van der Waals surface area contributed by atoms with Crippen molar-refractivity contribution in [1.29, 1.82) is 0 Å². The summed E-state index contributed by atoms with van der Waals surface area (Å²) in [6.07, 6.45) is -2.34. The van der Waals surface area contributed by atoms with E-state index < -0.39 is 22.4 Å². The Morgan fingerprint density at radius 2 is 1.85 bits per heavy atom. The van der Waals surface area contributed by atoms with Gasteiger partial charge in [0.1, 0.15) is 4.32 Å². The average Bonchev–Trinajstić information content (AvgIpc) is 3.02. The van der Waals surface area contributed by atoms with Crippen LogP contribution in [-0.2, 0) is 11.0 Å². The first-order valence-corrected chi connectivity index (χ1v) is 11.3. The normalized spacial score (nSPS) is 15.2. The number of alkyl halides is 3. The molecular weight excluding hydrogens is 493 g/mol. The molecule has 0 unspecified atom stereocenters. The molecule has 0 aromatic heterocycles. The van der Waals surface area contributed by atoms with Gasteiger partial charge in [-0.2, -0.15) is 13.2 Å². The zero-order valence-electron chi connectivity index (χ0n) is 18.0. The van der Waals surface area contributed by atoms with Gasteiger partial charge in [-0.25, -0.2) is 0 Å². The first kappa shape index (κ1) is 25.5. The Bertz CT molecular complexity index is 1170. The van der Waals surface area contributed by atoms with Crippen molar-refractivity contribution in [2.24, 2.45) is 0 Å². The third-order valence-corrected chi connectivity index (χ3v) is 5.97. The first-order valence-electron chi connectivity index (χ1n) is 10.1. The van der Waals surface area contributed by atoms with Crippen molar-refractivity contribution < 1.29 is 32.4 Å². The van der Waals surface area contributed by atoms with Gasteiger partial charge in [-0.3, -0.25) is 19.8 Å². The number of nitro benzene ring substituents is 1. The molecule has 2 aromatic carbocycles. The van der Waals surface area contributed by atoms with Gasteiger partial charge in [0.2, 0.25) is 5.75 Å². The van der Waals surface area contributed by atoms with E-state index in [4.69, 9.17) is 21.7 Å². The van der Waals surface area contributed by atoms with E-state index in [1.165, 1.54) is 22.7 Å². The molecule has 1 saturated heterocycles. The summed E-state index contributed by atoms with van der Waals surface area (Å²) in [5.74, 6) is -0.294. The second kappa shape index (κ2) is 10.4. The molecule has 2 aromatic rings. The highest BCUT2D eigenvalue weighted by atomic mass is 32.2. The molecule has 0 spiro atoms. The number of carbonyl (C=O) groups excluding carboxylic acids is 1. The van der Waals surface area contributed by atoms with E-state index in [0.717, 1.165) is 12.5 Å². The summed E-state index contributed by atoms with van der Waals surface area (Å²) >= 11 is 6.44. The van der Waals surface area contributed by atoms with Crippen molar-refractivity contribution in [3.8, 4) is 17.2 Å². The number of thiocarbonyl (C=S) groups is 1. The van der Waals surface area contributed by atoms with Crippen LogP contribution in [0, 0.1) is 10.1 Å². The largest absolute Gasteiger partial charge is 0.490 e. The van der Waals surface area contributed by atoms with Gasteiger partial charge in [-0.1, -0.05) is 37.0 Å². The van der Waals surface area contributed by atoms with Crippen molar-refractivity contribution in [1.82, 2.24) is 4.90 Å². The van der Waals surface area contributed by atoms with E-state index in [2.05, 4.69) is 0 Å². The van der Waals surface area contributed by atoms with Gasteiger partial charge in [0.25, 0.3) is 5.91 Å². The Kier molecular flexibility index (Phi) is 7.82. The van der Waals surface area contributed by atoms with Crippen LogP contribution in [-0.4, -0.2) is 33.2 Å². The number of hydrogen-bond acceptors (Lipinski definition) is 7. The number of thioether (sulfide) groups is 1. The molecule has 1 aliphatic rings. The van der Waals surface area contributed by atoms with Gasteiger partial charge < -0.3 is 9.47 Å². The number of nitrogens with zero attached hydrogens (tertiary/aromatic N) is 2. The molecule has 7 nitrogen and oxygen atoms in total. The minimum atomic E-state index is -4.74. The maximum Gasteiger partial charge on any atom is 0.416 e. The Morgan fingerprint density at radius 1 is 1.15 bits per heavy atom. The maximum atomic E-state index is 13.0. The van der Waals surface area contributed by atoms with Gasteiger partial charge in [-0.15, -0.1) is 0 Å². The highest BCUT2D eigenvalue weighted by molar-refractivity contribution is 8.26. The average molecular weight is 513 g/mol. The van der Waals surface area contributed by atoms with Crippen LogP contribution < -0.4 is 9.47 Å². The molecule has 1 fully saturated rings. The van der Waals surface area contributed by atoms with Gasteiger partial charge in [0, 0.05) is 12.6 Å². The van der Waals surface area contributed by atoms with E-state index in [1.807, 2.05) is 6.92 Å². The van der Waals surface area contributed by atoms with Crippen LogP contribution in [0.2, 0.25) is 0 Å². The third kappa shape index (κ3) is 5.68. The van der Waals surface area contributed by atoms with E-state index in [-0.39, 0.29) is 29.8 Å². The fraction of sp³-hybridized carbons (Fsp3) is 0.273. The minimum Gasteiger partial charge on any atom is -0.490 e. The first-order chi connectivity index (χ1) is 16.0. The smallest absolute Gasteiger partial charge is 0.416 e. The number of nitro groups is 1. The second-order valence-electron chi connectivity index (χ2n) is 7.01. The lowest BCUT2D eigenvalue weighted by Crippen LogP contribution is -2.28. The molecule has 180 valence electrons. The number of ether oxygens (including phenoxy) is 2. The number of hydrogen-bond donors (Lipinski definition) is 0. The topological polar surface area (TPSA) is 81.9 Å². The third-order valence-electron chi connectivity index (χ3n) is 4.59. The van der Waals surface area contributed by atoms with Crippen LogP contribution in [0.25, 0.3) is 6.08 Å². The van der Waals surface area contributed by atoms with Gasteiger partial charge in [-0.05, 0) is 49.2 Å². The van der Waals surface area contributed by atoms with Crippen LogP contribution in [0.5, 0.6) is 17.2 Å². The van der Waals surface area contributed by atoms with Crippen molar-refractivity contribution in [3.63, 3.8) is 0 Å². The molecule has 3 rings (SSSR count). The summed E-state index contributed by atoms with van der Waals surface area (Å²) in [7, 11) is 0. The molecule has 34 heavy (non-hydrogen) atoms. The van der Waals surface area contributed by atoms with E-state index >= 15 is 0 Å². The van der Waals surface area contributed by atoms with E-state index in [9.17, 15) is 28.1 Å². The molecule has 0 radical (unpaired) electrons. The molecule has 0 aliphatic carbocycles. The standard InChI is InChI=1S/C22H19F3N2O5S2/c1-3-9-26-20(28)19(34-21(26)33)11-13-5-7-17(18(10-13)31-4-2)32-16-8-6-14(22(23,24)25)12-15(16)27(29)30/h5-8,10-12H,3-4,9H2,1-2H3/b19-11+. The number of amides is 1. The molecule has 1 aliphatic heterocycles. The molecule has 1 heterocycles. The van der Waals surface area contributed by atoms with E-state index in [0.29, 0.717) is 33.5 Å². The van der Waals surface area contributed by atoms with Crippen LogP contribution in [0.3, 0.4) is 0 Å². The lowest BCUT2D eigenvalue weighted by Gasteiger charge is -2.14. The predicted octanol–water partition coefficient (Wildman–Crippen LogP) is 6.42. The zero-order chi connectivity index (χ0) is 25.0. The minimum absolute atomic E-state index is 0.0698. The second-order valence-corrected chi connectivity index (χ2v) is 8.69. The molecule has 12 heteroatoms. The summed E-state index contributed by atoms with van der Waals surface area (Å²) in [6, 6.07) is 6.65. The number of rotatable bonds is 8. The quantitative estimate of drug-likeness (QED) is 0.175. The molecular formula is C22H19F3N2O5S2. The zero-order valence-corrected chi connectivity index (χ0v) is 19.7. The monoisotopic (exact) mass is 512 g/mol. The Morgan fingerprint density at radius 3 is 2.47 bits per heavy atom. The summed E-state index contributed by atoms with van der Waals surface area (Å²) in [4.78, 5) is 24.9. The van der Waals surface area contributed by atoms with Crippen LogP contribution in [0.1, 0.15) is 31.4 Å². The maximum absolute atomic E-state index is 13.0. The summed E-state index contributed by atoms with van der Waals surface area (Å²) in [5, 5.41) is 11.4. The van der Waals surface area contributed by atoms with Gasteiger partial charge >= 0.3 is 11.9 Å². The number of benzene rings is 2. The summed E-state index contributed by atoms with van der Waals surface area (Å²) < 4.78 is 50.5. The van der Waals surface area contributed by atoms with Crippen molar-refractivity contribution in [3.05, 3.63) is 62.5 Å². The Hall–Kier alpha value is -3.12. The highest BCUT2D eigenvalue weighted by Gasteiger charge is 2.34. The predicted molar refractivity (Wildman–Crippen MR) is 126 cm³/mol.